The molecule has 0 aromatic rings. The largest absolute Gasteiger partial charge is 0.382 e. The molecule has 0 fully saturated rings. The lowest BCUT2D eigenvalue weighted by molar-refractivity contribution is -0.115. The van der Waals surface area contributed by atoms with E-state index in [2.05, 4.69) is 48.1 Å². The Bertz CT molecular complexity index is 514. The molecule has 2 N–H and O–H groups in total. The molecule has 6 nitrogen and oxygen atoms in total. The fourth-order valence-corrected chi connectivity index (χ4v) is 3.64. The van der Waals surface area contributed by atoms with Crippen LogP contribution in [-0.4, -0.2) is 73.7 Å². The van der Waals surface area contributed by atoms with Crippen molar-refractivity contribution in [3.63, 3.8) is 0 Å². The maximum absolute atomic E-state index is 12.3. The predicted octanol–water partition coefficient (Wildman–Crippen LogP) is 3.11. The molecule has 1 aliphatic carbocycles. The molecule has 0 radical (unpaired) electrons. The van der Waals surface area contributed by atoms with E-state index in [1.54, 1.807) is 0 Å². The van der Waals surface area contributed by atoms with E-state index in [4.69, 9.17) is 0 Å². The summed E-state index contributed by atoms with van der Waals surface area (Å²) in [4.78, 5) is 29.4. The summed E-state index contributed by atoms with van der Waals surface area (Å²) in [5.41, 5.74) is 0.849. The van der Waals surface area contributed by atoms with Gasteiger partial charge in [-0.1, -0.05) is 40.5 Å². The first-order chi connectivity index (χ1) is 14.5. The average molecular weight is 421 g/mol. The predicted molar refractivity (Wildman–Crippen MR) is 125 cm³/mol. The Kier molecular flexibility index (Phi) is 14.1. The molecule has 0 amide bonds. The molecule has 0 bridgehead atoms. The lowest BCUT2D eigenvalue weighted by Crippen LogP contribution is -2.30. The SMILES string of the molecule is CCN(CC)CCCCCNC1=CC(=O)C(NCCCCCN(CC)CC)=CC1=O. The van der Waals surface area contributed by atoms with Gasteiger partial charge in [0.25, 0.3) is 0 Å². The first-order valence-electron chi connectivity index (χ1n) is 12.0. The van der Waals surface area contributed by atoms with Gasteiger partial charge in [-0.25, -0.2) is 0 Å². The topological polar surface area (TPSA) is 64.7 Å². The van der Waals surface area contributed by atoms with E-state index in [0.29, 0.717) is 11.4 Å². The molecule has 1 aliphatic rings. The van der Waals surface area contributed by atoms with Gasteiger partial charge in [0.2, 0.25) is 11.6 Å². The van der Waals surface area contributed by atoms with E-state index < -0.39 is 0 Å². The molecule has 30 heavy (non-hydrogen) atoms. The number of allylic oxidation sites excluding steroid dienone is 2. The number of nitrogens with zero attached hydrogens (tertiary/aromatic N) is 2. The van der Waals surface area contributed by atoms with Crippen LogP contribution in [0.5, 0.6) is 0 Å². The van der Waals surface area contributed by atoms with Crippen LogP contribution in [-0.2, 0) is 9.59 Å². The van der Waals surface area contributed by atoms with E-state index in [1.807, 2.05) is 0 Å². The Labute approximate surface area is 184 Å². The number of ketones is 2. The summed E-state index contributed by atoms with van der Waals surface area (Å²) in [5.74, 6) is -0.219. The Balaban J connectivity index is 2.20. The minimum atomic E-state index is -0.109. The van der Waals surface area contributed by atoms with Crippen molar-refractivity contribution in [2.24, 2.45) is 0 Å². The zero-order valence-corrected chi connectivity index (χ0v) is 19.8. The Morgan fingerprint density at radius 2 is 0.967 bits per heavy atom. The summed E-state index contributed by atoms with van der Waals surface area (Å²) in [5, 5.41) is 6.29. The van der Waals surface area contributed by atoms with Gasteiger partial charge >= 0.3 is 0 Å². The fraction of sp³-hybridized carbons (Fsp3) is 0.750. The third-order valence-electron chi connectivity index (χ3n) is 5.80. The molecule has 0 heterocycles. The van der Waals surface area contributed by atoms with E-state index in [-0.39, 0.29) is 11.6 Å². The molecule has 0 aromatic heterocycles. The number of carbonyl (C=O) groups is 2. The Morgan fingerprint density at radius 3 is 1.30 bits per heavy atom. The van der Waals surface area contributed by atoms with Crippen molar-refractivity contribution in [2.75, 3.05) is 52.4 Å². The average Bonchev–Trinajstić information content (AvgIpc) is 2.75. The molecule has 0 saturated carbocycles. The molecule has 0 aromatic carbocycles. The molecule has 0 saturated heterocycles. The van der Waals surface area contributed by atoms with Crippen molar-refractivity contribution in [1.29, 1.82) is 0 Å². The van der Waals surface area contributed by atoms with Gasteiger partial charge in [0.05, 0.1) is 11.4 Å². The molecular weight excluding hydrogens is 376 g/mol. The molecule has 172 valence electrons. The first-order valence-corrected chi connectivity index (χ1v) is 12.0. The Hall–Kier alpha value is -1.66. The van der Waals surface area contributed by atoms with Crippen LogP contribution in [0.25, 0.3) is 0 Å². The summed E-state index contributed by atoms with van der Waals surface area (Å²) in [6, 6.07) is 0. The normalized spacial score (nSPS) is 14.3. The quantitative estimate of drug-likeness (QED) is 0.262. The Morgan fingerprint density at radius 1 is 0.600 bits per heavy atom. The van der Waals surface area contributed by atoms with E-state index >= 15 is 0 Å². The molecule has 0 unspecified atom stereocenters. The molecule has 0 atom stereocenters. The lowest BCUT2D eigenvalue weighted by atomic mass is 10.1. The van der Waals surface area contributed by atoms with Crippen LogP contribution in [0.1, 0.15) is 66.2 Å². The molecular formula is C24H44N4O2. The van der Waals surface area contributed by atoms with Crippen molar-refractivity contribution < 1.29 is 9.59 Å². The second-order valence-corrected chi connectivity index (χ2v) is 7.87. The zero-order valence-electron chi connectivity index (χ0n) is 19.8. The highest BCUT2D eigenvalue weighted by atomic mass is 16.1. The number of hydrogen-bond acceptors (Lipinski definition) is 6. The maximum atomic E-state index is 12.3. The van der Waals surface area contributed by atoms with Crippen LogP contribution in [0.15, 0.2) is 23.5 Å². The van der Waals surface area contributed by atoms with Crippen molar-refractivity contribution in [3.8, 4) is 0 Å². The molecule has 0 spiro atoms. The second kappa shape index (κ2) is 16.1. The van der Waals surface area contributed by atoms with Crippen molar-refractivity contribution >= 4 is 11.6 Å². The minimum Gasteiger partial charge on any atom is -0.382 e. The third-order valence-corrected chi connectivity index (χ3v) is 5.80. The van der Waals surface area contributed by atoms with Crippen molar-refractivity contribution in [1.82, 2.24) is 20.4 Å². The van der Waals surface area contributed by atoms with Crippen LogP contribution in [0.2, 0.25) is 0 Å². The maximum Gasteiger partial charge on any atom is 0.203 e. The van der Waals surface area contributed by atoms with Gasteiger partial charge in [0.1, 0.15) is 0 Å². The monoisotopic (exact) mass is 420 g/mol. The smallest absolute Gasteiger partial charge is 0.203 e. The van der Waals surface area contributed by atoms with Crippen LogP contribution in [0.3, 0.4) is 0 Å². The van der Waals surface area contributed by atoms with Crippen molar-refractivity contribution in [2.45, 2.75) is 66.2 Å². The number of rotatable bonds is 18. The zero-order chi connectivity index (χ0) is 22.2. The summed E-state index contributed by atoms with van der Waals surface area (Å²) < 4.78 is 0. The van der Waals surface area contributed by atoms with Gasteiger partial charge in [-0.2, -0.15) is 0 Å². The number of unbranched alkanes of at least 4 members (excludes halogenated alkanes) is 4. The highest BCUT2D eigenvalue weighted by Gasteiger charge is 2.19. The van der Waals surface area contributed by atoms with Crippen LogP contribution < -0.4 is 10.6 Å². The number of carbonyl (C=O) groups excluding carboxylic acids is 2. The van der Waals surface area contributed by atoms with Crippen LogP contribution in [0.4, 0.5) is 0 Å². The van der Waals surface area contributed by atoms with Gasteiger partial charge < -0.3 is 20.4 Å². The van der Waals surface area contributed by atoms with Gasteiger partial charge in [-0.15, -0.1) is 0 Å². The third kappa shape index (κ3) is 10.4. The van der Waals surface area contributed by atoms with Gasteiger partial charge in [-0.05, 0) is 65.0 Å². The molecule has 1 rings (SSSR count). The van der Waals surface area contributed by atoms with Gasteiger partial charge in [-0.3, -0.25) is 9.59 Å². The molecule has 0 aliphatic heterocycles. The van der Waals surface area contributed by atoms with E-state index in [0.717, 1.165) is 90.9 Å². The van der Waals surface area contributed by atoms with Crippen molar-refractivity contribution in [3.05, 3.63) is 23.5 Å². The number of nitrogens with one attached hydrogen (secondary N) is 2. The first kappa shape index (κ1) is 26.4. The summed E-state index contributed by atoms with van der Waals surface area (Å²) in [7, 11) is 0. The van der Waals surface area contributed by atoms with Crippen LogP contribution in [0, 0.1) is 0 Å². The fourth-order valence-electron chi connectivity index (χ4n) is 3.64. The summed E-state index contributed by atoms with van der Waals surface area (Å²) >= 11 is 0. The van der Waals surface area contributed by atoms with E-state index in [9.17, 15) is 9.59 Å². The number of hydrogen-bond donors (Lipinski definition) is 2. The van der Waals surface area contributed by atoms with E-state index in [1.165, 1.54) is 12.2 Å². The minimum absolute atomic E-state index is 0.109. The lowest BCUT2D eigenvalue weighted by Gasteiger charge is -2.18. The summed E-state index contributed by atoms with van der Waals surface area (Å²) in [6.45, 7) is 16.8. The summed E-state index contributed by atoms with van der Waals surface area (Å²) in [6.07, 6.45) is 9.47. The standard InChI is InChI=1S/C24H44N4O2/c1-5-27(6-2)17-13-9-11-15-25-21-19-24(30)22(20-23(21)29)26-16-12-10-14-18-28(7-3)8-4/h19-20,25-26H,5-18H2,1-4H3. The van der Waals surface area contributed by atoms with Crippen LogP contribution >= 0.6 is 0 Å². The van der Waals surface area contributed by atoms with Gasteiger partial charge in [0, 0.05) is 25.2 Å². The second-order valence-electron chi connectivity index (χ2n) is 7.87. The highest BCUT2D eigenvalue weighted by Crippen LogP contribution is 2.09. The van der Waals surface area contributed by atoms with Gasteiger partial charge in [0.15, 0.2) is 0 Å². The molecule has 6 heteroatoms. The highest BCUT2D eigenvalue weighted by molar-refractivity contribution is 6.19.